The fourth-order valence-electron chi connectivity index (χ4n) is 5.26. The molecule has 1 fully saturated rings. The number of carbonyl (C=O) groups excluding carboxylic acids is 1. The molecule has 1 aliphatic heterocycles. The molecular weight excluding hydrogens is 591 g/mol. The number of hydrogen-bond donors (Lipinski definition) is 1. The number of anilines is 1. The highest BCUT2D eigenvalue weighted by Gasteiger charge is 2.25. The highest BCUT2D eigenvalue weighted by Crippen LogP contribution is 2.35. The van der Waals surface area contributed by atoms with E-state index >= 15 is 0 Å². The Morgan fingerprint density at radius 3 is 2.36 bits per heavy atom. The van der Waals surface area contributed by atoms with Crippen LogP contribution in [-0.2, 0) is 13.0 Å². The van der Waals surface area contributed by atoms with Crippen molar-refractivity contribution < 1.29 is 32.5 Å². The van der Waals surface area contributed by atoms with Crippen molar-refractivity contribution >= 4 is 22.8 Å². The number of piperazine rings is 1. The third-order valence-corrected chi connectivity index (χ3v) is 9.16. The smallest absolute Gasteiger partial charge is 0.169 e. The Morgan fingerprint density at radius 1 is 0.955 bits per heavy atom. The molecule has 5 rings (SSSR count). The number of aromatic hydroxyl groups is 1. The van der Waals surface area contributed by atoms with Crippen molar-refractivity contribution in [1.82, 2.24) is 9.88 Å². The van der Waals surface area contributed by atoms with Crippen LogP contribution in [0, 0.1) is 31.3 Å². The van der Waals surface area contributed by atoms with Gasteiger partial charge in [0.25, 0.3) is 0 Å². The Morgan fingerprint density at radius 2 is 1.68 bits per heavy atom. The van der Waals surface area contributed by atoms with E-state index in [-0.39, 0.29) is 34.1 Å². The average Bonchev–Trinajstić information content (AvgIpc) is 3.43. The number of hydrogen-bond acceptors (Lipinski definition) is 8. The third kappa shape index (κ3) is 6.53. The Balaban J connectivity index is 1.36. The maximum absolute atomic E-state index is 15.0. The molecule has 4 aromatic rings. The van der Waals surface area contributed by atoms with Crippen LogP contribution in [0.5, 0.6) is 17.2 Å². The number of ether oxygens (including phenoxy) is 2. The molecule has 3 aromatic carbocycles. The van der Waals surface area contributed by atoms with Crippen LogP contribution in [0.4, 0.5) is 18.9 Å². The molecule has 0 spiro atoms. The standard InChI is InChI=1S/C33H34F3N3O4S/c1-19-15-21(5-7-26(19)40)27(41)8-10-30-25(37-33(44-30)23-17-24(34)20(2)31(35)32(23)36)18-38-11-13-39(14-12-38)22-6-9-28(42-3)29(16-22)43-4/h5-7,9,15-17,40H,8,10-14,18H2,1-4H3. The topological polar surface area (TPSA) is 75.1 Å². The van der Waals surface area contributed by atoms with E-state index in [1.165, 1.54) is 13.0 Å². The number of carbonyl (C=O) groups is 1. The van der Waals surface area contributed by atoms with Crippen molar-refractivity contribution in [3.8, 4) is 27.8 Å². The van der Waals surface area contributed by atoms with Gasteiger partial charge >= 0.3 is 0 Å². The summed E-state index contributed by atoms with van der Waals surface area (Å²) in [5.41, 5.74) is 2.13. The van der Waals surface area contributed by atoms with Crippen LogP contribution in [0.25, 0.3) is 10.6 Å². The second kappa shape index (κ2) is 13.3. The number of Topliss-reactive ketones (excluding diaryl/α,β-unsaturated/α-hetero) is 1. The lowest BCUT2D eigenvalue weighted by Crippen LogP contribution is -2.46. The quantitative estimate of drug-likeness (QED) is 0.155. The van der Waals surface area contributed by atoms with Gasteiger partial charge in [0, 0.05) is 66.9 Å². The van der Waals surface area contributed by atoms with Gasteiger partial charge in [-0.05, 0) is 62.2 Å². The number of benzene rings is 3. The molecular formula is C33H34F3N3O4S. The Kier molecular flexibility index (Phi) is 9.45. The van der Waals surface area contributed by atoms with Crippen molar-refractivity contribution in [3.05, 3.63) is 87.2 Å². The van der Waals surface area contributed by atoms with Crippen LogP contribution in [0.3, 0.4) is 0 Å². The number of aromatic nitrogens is 1. The molecule has 11 heteroatoms. The maximum Gasteiger partial charge on any atom is 0.169 e. The fraction of sp³-hybridized carbons (Fsp3) is 0.333. The second-order valence-corrected chi connectivity index (χ2v) is 11.9. The van der Waals surface area contributed by atoms with E-state index in [9.17, 15) is 23.1 Å². The Hall–Kier alpha value is -4.09. The molecule has 44 heavy (non-hydrogen) atoms. The van der Waals surface area contributed by atoms with Crippen LogP contribution >= 0.6 is 11.3 Å². The van der Waals surface area contributed by atoms with E-state index in [1.807, 2.05) is 18.2 Å². The molecule has 2 heterocycles. The van der Waals surface area contributed by atoms with Crippen LogP contribution in [0.2, 0.25) is 0 Å². The molecule has 0 unspecified atom stereocenters. The summed E-state index contributed by atoms with van der Waals surface area (Å²) in [4.78, 5) is 22.9. The SMILES string of the molecule is COc1ccc(N2CCN(Cc3nc(-c4cc(F)c(C)c(F)c4F)sc3CCC(=O)c3ccc(O)c(C)c3)CC2)cc1OC. The normalized spacial score (nSPS) is 13.8. The zero-order chi connectivity index (χ0) is 31.5. The van der Waals surface area contributed by atoms with Gasteiger partial charge in [-0.3, -0.25) is 9.69 Å². The van der Waals surface area contributed by atoms with Crippen molar-refractivity contribution in [2.45, 2.75) is 33.2 Å². The van der Waals surface area contributed by atoms with Crippen LogP contribution in [-0.4, -0.2) is 61.2 Å². The minimum Gasteiger partial charge on any atom is -0.508 e. The number of phenols is 1. The number of rotatable bonds is 10. The lowest BCUT2D eigenvalue weighted by molar-refractivity contribution is 0.0983. The van der Waals surface area contributed by atoms with Gasteiger partial charge in [-0.2, -0.15) is 0 Å². The van der Waals surface area contributed by atoms with Gasteiger partial charge in [-0.1, -0.05) is 0 Å². The highest BCUT2D eigenvalue weighted by molar-refractivity contribution is 7.15. The molecule has 0 aliphatic carbocycles. The van der Waals surface area contributed by atoms with Gasteiger partial charge in [-0.15, -0.1) is 11.3 Å². The molecule has 1 N–H and O–H groups in total. The number of aryl methyl sites for hydroxylation is 2. The fourth-order valence-corrected chi connectivity index (χ4v) is 6.34. The lowest BCUT2D eigenvalue weighted by atomic mass is 10.0. The summed E-state index contributed by atoms with van der Waals surface area (Å²) >= 11 is 1.15. The summed E-state index contributed by atoms with van der Waals surface area (Å²) in [5.74, 6) is -1.91. The number of nitrogens with zero attached hydrogens (tertiary/aromatic N) is 3. The molecule has 0 atom stereocenters. The number of phenolic OH excluding ortho intramolecular Hbond substituents is 1. The molecule has 232 valence electrons. The van der Waals surface area contributed by atoms with E-state index in [2.05, 4.69) is 14.8 Å². The molecule has 0 radical (unpaired) electrons. The zero-order valence-corrected chi connectivity index (χ0v) is 25.9. The Bertz CT molecular complexity index is 1690. The lowest BCUT2D eigenvalue weighted by Gasteiger charge is -2.36. The number of halogens is 3. The summed E-state index contributed by atoms with van der Waals surface area (Å²) in [7, 11) is 3.20. The first-order valence-electron chi connectivity index (χ1n) is 14.2. The van der Waals surface area contributed by atoms with Gasteiger partial charge in [0.2, 0.25) is 0 Å². The maximum atomic E-state index is 15.0. The molecule has 7 nitrogen and oxygen atoms in total. The molecule has 1 aliphatic rings. The van der Waals surface area contributed by atoms with Gasteiger partial charge in [0.1, 0.15) is 16.6 Å². The summed E-state index contributed by atoms with van der Waals surface area (Å²) < 4.78 is 54.7. The monoisotopic (exact) mass is 625 g/mol. The zero-order valence-electron chi connectivity index (χ0n) is 25.0. The van der Waals surface area contributed by atoms with E-state index in [0.29, 0.717) is 54.4 Å². The summed E-state index contributed by atoms with van der Waals surface area (Å²) in [5, 5.41) is 9.99. The highest BCUT2D eigenvalue weighted by atomic mass is 32.1. The van der Waals surface area contributed by atoms with Crippen molar-refractivity contribution in [1.29, 1.82) is 0 Å². The van der Waals surface area contributed by atoms with E-state index in [1.54, 1.807) is 33.3 Å². The largest absolute Gasteiger partial charge is 0.508 e. The van der Waals surface area contributed by atoms with Crippen LogP contribution in [0.15, 0.2) is 42.5 Å². The van der Waals surface area contributed by atoms with Gasteiger partial charge in [0.15, 0.2) is 28.9 Å². The predicted octanol–water partition coefficient (Wildman–Crippen LogP) is 6.70. The van der Waals surface area contributed by atoms with Crippen LogP contribution < -0.4 is 14.4 Å². The first kappa shape index (κ1) is 31.3. The van der Waals surface area contributed by atoms with E-state index in [0.717, 1.165) is 41.1 Å². The predicted molar refractivity (Wildman–Crippen MR) is 165 cm³/mol. The summed E-state index contributed by atoms with van der Waals surface area (Å²) in [6, 6.07) is 11.5. The van der Waals surface area contributed by atoms with Crippen molar-refractivity contribution in [2.75, 3.05) is 45.3 Å². The van der Waals surface area contributed by atoms with Crippen LogP contribution in [0.1, 0.15) is 38.5 Å². The van der Waals surface area contributed by atoms with Gasteiger partial charge in [0.05, 0.1) is 25.5 Å². The molecule has 0 amide bonds. The first-order valence-corrected chi connectivity index (χ1v) is 15.1. The third-order valence-electron chi connectivity index (χ3n) is 7.97. The molecule has 0 bridgehead atoms. The van der Waals surface area contributed by atoms with Gasteiger partial charge < -0.3 is 19.5 Å². The number of methoxy groups -OCH3 is 2. The minimum atomic E-state index is -1.23. The number of ketones is 1. The molecule has 1 aromatic heterocycles. The molecule has 1 saturated heterocycles. The van der Waals surface area contributed by atoms with Crippen molar-refractivity contribution in [2.24, 2.45) is 0 Å². The molecule has 0 saturated carbocycles. The van der Waals surface area contributed by atoms with Gasteiger partial charge in [-0.25, -0.2) is 18.2 Å². The second-order valence-electron chi connectivity index (χ2n) is 10.8. The van der Waals surface area contributed by atoms with E-state index < -0.39 is 17.5 Å². The first-order chi connectivity index (χ1) is 21.1. The Labute approximate surface area is 258 Å². The average molecular weight is 626 g/mol. The summed E-state index contributed by atoms with van der Waals surface area (Å²) in [6.45, 7) is 6.26. The number of thiazole rings is 1. The van der Waals surface area contributed by atoms with E-state index in [4.69, 9.17) is 9.47 Å². The minimum absolute atomic E-state index is 0.113. The van der Waals surface area contributed by atoms with Crippen molar-refractivity contribution in [3.63, 3.8) is 0 Å². The summed E-state index contributed by atoms with van der Waals surface area (Å²) in [6.07, 6.45) is 0.487.